The molecule has 0 radical (unpaired) electrons. The molecule has 0 bridgehead atoms. The summed E-state index contributed by atoms with van der Waals surface area (Å²) in [4.78, 5) is 22.3. The molecule has 1 rings (SSSR count). The molecule has 1 aromatic rings. The predicted octanol–water partition coefficient (Wildman–Crippen LogP) is 2.66. The Kier molecular flexibility index (Phi) is 4.86. The summed E-state index contributed by atoms with van der Waals surface area (Å²) in [5.74, 6) is -0.223. The fraction of sp³-hybridized carbons (Fsp3) is 0.417. The van der Waals surface area contributed by atoms with Gasteiger partial charge in [-0.05, 0) is 19.9 Å². The van der Waals surface area contributed by atoms with E-state index >= 15 is 0 Å². The van der Waals surface area contributed by atoms with Gasteiger partial charge in [0.25, 0.3) is 5.69 Å². The zero-order valence-electron chi connectivity index (χ0n) is 10.4. The Labute approximate surface area is 109 Å². The number of nitro benzene ring substituents is 1. The van der Waals surface area contributed by atoms with Crippen LogP contribution in [0.25, 0.3) is 0 Å². The van der Waals surface area contributed by atoms with Crippen molar-refractivity contribution in [2.45, 2.75) is 37.0 Å². The smallest absolute Gasteiger partial charge is 0.270 e. The van der Waals surface area contributed by atoms with Crippen molar-refractivity contribution >= 4 is 23.2 Å². The van der Waals surface area contributed by atoms with Crippen LogP contribution >= 0.6 is 11.8 Å². The molecule has 0 saturated heterocycles. The Morgan fingerprint density at radius 1 is 1.44 bits per heavy atom. The van der Waals surface area contributed by atoms with Gasteiger partial charge in [-0.25, -0.2) is 0 Å². The van der Waals surface area contributed by atoms with E-state index in [0.29, 0.717) is 10.5 Å². The van der Waals surface area contributed by atoms with Gasteiger partial charge in [-0.15, -0.1) is 11.8 Å². The fourth-order valence-corrected chi connectivity index (χ4v) is 2.38. The normalized spacial score (nSPS) is 14.0. The molecule has 0 spiro atoms. The number of aliphatic hydroxyl groups excluding tert-OH is 1. The topological polar surface area (TPSA) is 80.4 Å². The quantitative estimate of drug-likeness (QED) is 0.384. The highest BCUT2D eigenvalue weighted by molar-refractivity contribution is 8.00. The number of ketones is 1. The van der Waals surface area contributed by atoms with Crippen LogP contribution in [0.2, 0.25) is 0 Å². The van der Waals surface area contributed by atoms with Gasteiger partial charge >= 0.3 is 0 Å². The SMILES string of the molecule is CC(=O)c1cc([N+](=O)[O-])ccc1SC(C)C(C)O. The monoisotopic (exact) mass is 269 g/mol. The summed E-state index contributed by atoms with van der Waals surface area (Å²) in [5, 5.41) is 20.0. The van der Waals surface area contributed by atoms with Gasteiger partial charge in [0.05, 0.1) is 11.0 Å². The first-order valence-corrected chi connectivity index (χ1v) is 6.35. The van der Waals surface area contributed by atoms with Gasteiger partial charge in [0.2, 0.25) is 0 Å². The van der Waals surface area contributed by atoms with Crippen molar-refractivity contribution < 1.29 is 14.8 Å². The number of benzene rings is 1. The zero-order valence-corrected chi connectivity index (χ0v) is 11.2. The van der Waals surface area contributed by atoms with E-state index in [0.717, 1.165) is 0 Å². The lowest BCUT2D eigenvalue weighted by Gasteiger charge is -2.15. The van der Waals surface area contributed by atoms with Gasteiger partial charge in [0, 0.05) is 27.8 Å². The van der Waals surface area contributed by atoms with Gasteiger partial charge in [-0.2, -0.15) is 0 Å². The minimum atomic E-state index is -0.529. The van der Waals surface area contributed by atoms with Gasteiger partial charge in [0.1, 0.15) is 0 Å². The van der Waals surface area contributed by atoms with Crippen LogP contribution in [-0.2, 0) is 0 Å². The standard InChI is InChI=1S/C12H15NO4S/c1-7(14)9(3)18-12-5-4-10(13(16)17)6-11(12)8(2)15/h4-7,9,14H,1-3H3. The molecular formula is C12H15NO4S. The number of carbonyl (C=O) groups excluding carboxylic acids is 1. The number of hydrogen-bond donors (Lipinski definition) is 1. The van der Waals surface area contributed by atoms with Crippen molar-refractivity contribution in [2.24, 2.45) is 0 Å². The molecule has 1 N–H and O–H groups in total. The molecule has 0 aliphatic rings. The van der Waals surface area contributed by atoms with Gasteiger partial charge in [-0.3, -0.25) is 14.9 Å². The Hall–Kier alpha value is -1.40. The Morgan fingerprint density at radius 3 is 2.50 bits per heavy atom. The van der Waals surface area contributed by atoms with E-state index in [1.165, 1.54) is 30.8 Å². The third-order valence-electron chi connectivity index (χ3n) is 2.55. The highest BCUT2D eigenvalue weighted by atomic mass is 32.2. The summed E-state index contributed by atoms with van der Waals surface area (Å²) in [7, 11) is 0. The molecule has 5 nitrogen and oxygen atoms in total. The second kappa shape index (κ2) is 5.97. The molecule has 0 amide bonds. The molecule has 0 aliphatic carbocycles. The molecule has 2 atom stereocenters. The van der Waals surface area contributed by atoms with E-state index < -0.39 is 11.0 Å². The Bertz CT molecular complexity index is 473. The van der Waals surface area contributed by atoms with E-state index in [2.05, 4.69) is 0 Å². The number of carbonyl (C=O) groups is 1. The van der Waals surface area contributed by atoms with Crippen LogP contribution in [-0.4, -0.2) is 27.2 Å². The third kappa shape index (κ3) is 3.54. The van der Waals surface area contributed by atoms with Crippen LogP contribution in [0.3, 0.4) is 0 Å². The average molecular weight is 269 g/mol. The largest absolute Gasteiger partial charge is 0.392 e. The third-order valence-corrected chi connectivity index (χ3v) is 3.92. The molecule has 6 heteroatoms. The van der Waals surface area contributed by atoms with E-state index in [4.69, 9.17) is 0 Å². The minimum absolute atomic E-state index is 0.0930. The van der Waals surface area contributed by atoms with Crippen LogP contribution < -0.4 is 0 Å². The predicted molar refractivity (Wildman–Crippen MR) is 70.1 cm³/mol. The lowest BCUT2D eigenvalue weighted by atomic mass is 10.1. The maximum absolute atomic E-state index is 11.5. The molecule has 1 aromatic carbocycles. The van der Waals surface area contributed by atoms with E-state index in [9.17, 15) is 20.0 Å². The summed E-state index contributed by atoms with van der Waals surface area (Å²) >= 11 is 1.33. The number of nitro groups is 1. The summed E-state index contributed by atoms with van der Waals surface area (Å²) in [6, 6.07) is 4.20. The summed E-state index contributed by atoms with van der Waals surface area (Å²) in [5.41, 5.74) is 0.218. The number of non-ortho nitro benzene ring substituents is 1. The minimum Gasteiger partial charge on any atom is -0.392 e. The summed E-state index contributed by atoms with van der Waals surface area (Å²) in [6.45, 7) is 4.87. The fourth-order valence-electron chi connectivity index (χ4n) is 1.31. The second-order valence-electron chi connectivity index (χ2n) is 4.06. The molecule has 0 heterocycles. The Morgan fingerprint density at radius 2 is 2.06 bits per heavy atom. The van der Waals surface area contributed by atoms with Crippen LogP contribution in [0.5, 0.6) is 0 Å². The van der Waals surface area contributed by atoms with Gasteiger partial charge in [-0.1, -0.05) is 6.92 Å². The molecule has 0 aromatic heterocycles. The van der Waals surface area contributed by atoms with Crippen molar-refractivity contribution in [3.05, 3.63) is 33.9 Å². The highest BCUT2D eigenvalue weighted by Gasteiger charge is 2.18. The van der Waals surface area contributed by atoms with Crippen molar-refractivity contribution in [3.8, 4) is 0 Å². The number of thioether (sulfide) groups is 1. The van der Waals surface area contributed by atoms with Crippen molar-refractivity contribution in [1.82, 2.24) is 0 Å². The van der Waals surface area contributed by atoms with E-state index in [1.54, 1.807) is 13.0 Å². The van der Waals surface area contributed by atoms with Crippen LogP contribution in [0.4, 0.5) is 5.69 Å². The number of nitrogens with zero attached hydrogens (tertiary/aromatic N) is 1. The lowest BCUT2D eigenvalue weighted by Crippen LogP contribution is -2.15. The lowest BCUT2D eigenvalue weighted by molar-refractivity contribution is -0.384. The van der Waals surface area contributed by atoms with Gasteiger partial charge < -0.3 is 5.11 Å². The molecule has 0 fully saturated rings. The summed E-state index contributed by atoms with van der Waals surface area (Å²) in [6.07, 6.45) is -0.523. The number of Topliss-reactive ketones (excluding diaryl/α,β-unsaturated/α-hetero) is 1. The van der Waals surface area contributed by atoms with E-state index in [1.807, 2.05) is 6.92 Å². The van der Waals surface area contributed by atoms with Crippen molar-refractivity contribution in [2.75, 3.05) is 0 Å². The number of rotatable bonds is 5. The van der Waals surface area contributed by atoms with E-state index in [-0.39, 0.29) is 16.7 Å². The highest BCUT2D eigenvalue weighted by Crippen LogP contribution is 2.31. The molecule has 0 saturated carbocycles. The average Bonchev–Trinajstić information content (AvgIpc) is 2.28. The van der Waals surface area contributed by atoms with Crippen molar-refractivity contribution in [1.29, 1.82) is 0 Å². The van der Waals surface area contributed by atoms with Crippen LogP contribution in [0.15, 0.2) is 23.1 Å². The first-order valence-electron chi connectivity index (χ1n) is 5.47. The maximum Gasteiger partial charge on any atom is 0.270 e. The van der Waals surface area contributed by atoms with Crippen LogP contribution in [0, 0.1) is 10.1 Å². The Balaban J connectivity index is 3.12. The number of aliphatic hydroxyl groups is 1. The molecule has 2 unspecified atom stereocenters. The molecule has 18 heavy (non-hydrogen) atoms. The van der Waals surface area contributed by atoms with Crippen molar-refractivity contribution in [3.63, 3.8) is 0 Å². The second-order valence-corrected chi connectivity index (χ2v) is 5.48. The van der Waals surface area contributed by atoms with Crippen LogP contribution in [0.1, 0.15) is 31.1 Å². The molecule has 0 aliphatic heterocycles. The summed E-state index contributed by atoms with van der Waals surface area (Å²) < 4.78 is 0. The maximum atomic E-state index is 11.5. The first-order chi connectivity index (χ1) is 8.32. The molecular weight excluding hydrogens is 254 g/mol. The number of hydrogen-bond acceptors (Lipinski definition) is 5. The van der Waals surface area contributed by atoms with Gasteiger partial charge in [0.15, 0.2) is 5.78 Å². The zero-order chi connectivity index (χ0) is 13.9. The first kappa shape index (κ1) is 14.7. The molecule has 98 valence electrons.